The van der Waals surface area contributed by atoms with Crippen LogP contribution in [0.15, 0.2) is 71.8 Å². The highest BCUT2D eigenvalue weighted by molar-refractivity contribution is 6.32. The minimum absolute atomic E-state index is 0.141. The van der Waals surface area contributed by atoms with Crippen LogP contribution in [0.4, 0.5) is 0 Å². The number of ether oxygens (including phenoxy) is 2. The molecule has 0 aliphatic rings. The van der Waals surface area contributed by atoms with E-state index in [9.17, 15) is 4.79 Å². The summed E-state index contributed by atoms with van der Waals surface area (Å²) in [6.45, 7) is 4.13. The molecular formula is C24H23ClN2O3. The normalized spacial score (nSPS) is 10.8. The number of hydrogen-bond donors (Lipinski definition) is 1. The summed E-state index contributed by atoms with van der Waals surface area (Å²) in [5.41, 5.74) is 6.17. The third-order valence-corrected chi connectivity index (χ3v) is 4.89. The summed E-state index contributed by atoms with van der Waals surface area (Å²) in [4.78, 5) is 12.0. The lowest BCUT2D eigenvalue weighted by Crippen LogP contribution is -2.24. The molecule has 0 aliphatic carbocycles. The molecule has 0 aliphatic heterocycles. The lowest BCUT2D eigenvalue weighted by Gasteiger charge is -2.09. The van der Waals surface area contributed by atoms with Crippen LogP contribution in [-0.2, 0) is 11.4 Å². The zero-order valence-electron chi connectivity index (χ0n) is 16.9. The van der Waals surface area contributed by atoms with Crippen LogP contribution in [0.25, 0.3) is 0 Å². The third-order valence-electron chi connectivity index (χ3n) is 4.29. The average molecular weight is 423 g/mol. The molecule has 0 saturated carbocycles. The fraction of sp³-hybridized carbons (Fsp3) is 0.167. The standard InChI is InChI=1S/C24H23ClN2O3/c1-17-11-22(12-18(2)24(17)25)30-16-23(28)27-26-14-20-9-6-10-21(13-20)29-15-19-7-4-3-5-8-19/h3-14H,15-16H2,1-2H3,(H,27,28)/b26-14+. The van der Waals surface area contributed by atoms with Crippen LogP contribution in [0.2, 0.25) is 5.02 Å². The largest absolute Gasteiger partial charge is 0.489 e. The number of nitrogens with zero attached hydrogens (tertiary/aromatic N) is 1. The van der Waals surface area contributed by atoms with Crippen LogP contribution in [0, 0.1) is 13.8 Å². The highest BCUT2D eigenvalue weighted by atomic mass is 35.5. The molecule has 0 saturated heterocycles. The van der Waals surface area contributed by atoms with Crippen LogP contribution < -0.4 is 14.9 Å². The maximum atomic E-state index is 12.0. The van der Waals surface area contributed by atoms with Gasteiger partial charge in [0.15, 0.2) is 6.61 Å². The number of carbonyl (C=O) groups excluding carboxylic acids is 1. The number of nitrogens with one attached hydrogen (secondary N) is 1. The molecule has 0 heterocycles. The van der Waals surface area contributed by atoms with Gasteiger partial charge in [-0.2, -0.15) is 5.10 Å². The minimum Gasteiger partial charge on any atom is -0.489 e. The van der Waals surface area contributed by atoms with Crippen molar-refractivity contribution in [1.29, 1.82) is 0 Å². The topological polar surface area (TPSA) is 59.9 Å². The van der Waals surface area contributed by atoms with Gasteiger partial charge in [0, 0.05) is 5.02 Å². The van der Waals surface area contributed by atoms with Crippen molar-refractivity contribution in [1.82, 2.24) is 5.43 Å². The van der Waals surface area contributed by atoms with Gasteiger partial charge in [0.1, 0.15) is 18.1 Å². The first-order valence-electron chi connectivity index (χ1n) is 9.49. The summed E-state index contributed by atoms with van der Waals surface area (Å²) in [7, 11) is 0. The van der Waals surface area contributed by atoms with E-state index in [1.807, 2.05) is 68.4 Å². The van der Waals surface area contributed by atoms with Gasteiger partial charge in [-0.15, -0.1) is 0 Å². The summed E-state index contributed by atoms with van der Waals surface area (Å²) < 4.78 is 11.3. The van der Waals surface area contributed by atoms with E-state index in [2.05, 4.69) is 10.5 Å². The molecule has 1 N–H and O–H groups in total. The molecule has 0 spiro atoms. The summed E-state index contributed by atoms with van der Waals surface area (Å²) in [5, 5.41) is 4.68. The Morgan fingerprint density at radius 3 is 2.43 bits per heavy atom. The second kappa shape index (κ2) is 10.5. The van der Waals surface area contributed by atoms with Gasteiger partial charge < -0.3 is 9.47 Å². The second-order valence-electron chi connectivity index (χ2n) is 6.80. The number of hydrogen-bond acceptors (Lipinski definition) is 4. The van der Waals surface area contributed by atoms with E-state index >= 15 is 0 Å². The van der Waals surface area contributed by atoms with Gasteiger partial charge in [0.25, 0.3) is 5.91 Å². The van der Waals surface area contributed by atoms with Crippen molar-refractivity contribution in [3.63, 3.8) is 0 Å². The quantitative estimate of drug-likeness (QED) is 0.407. The van der Waals surface area contributed by atoms with Crippen LogP contribution in [0.3, 0.4) is 0 Å². The zero-order chi connectivity index (χ0) is 21.3. The van der Waals surface area contributed by atoms with Crippen molar-refractivity contribution in [2.75, 3.05) is 6.61 Å². The molecule has 0 atom stereocenters. The fourth-order valence-electron chi connectivity index (χ4n) is 2.78. The van der Waals surface area contributed by atoms with E-state index in [-0.39, 0.29) is 12.5 Å². The maximum Gasteiger partial charge on any atom is 0.277 e. The maximum absolute atomic E-state index is 12.0. The van der Waals surface area contributed by atoms with E-state index in [0.717, 1.165) is 28.0 Å². The first-order chi connectivity index (χ1) is 14.5. The molecule has 1 amide bonds. The molecule has 154 valence electrons. The number of aryl methyl sites for hydroxylation is 2. The Hall–Kier alpha value is -3.31. The predicted octanol–water partition coefficient (Wildman–Crippen LogP) is 5.06. The molecule has 3 rings (SSSR count). The SMILES string of the molecule is Cc1cc(OCC(=O)N/N=C/c2cccc(OCc3ccccc3)c2)cc(C)c1Cl. The third kappa shape index (κ3) is 6.36. The van der Waals surface area contributed by atoms with Gasteiger partial charge in [-0.25, -0.2) is 5.43 Å². The van der Waals surface area contributed by atoms with Gasteiger partial charge in [-0.1, -0.05) is 54.1 Å². The van der Waals surface area contributed by atoms with Gasteiger partial charge >= 0.3 is 0 Å². The van der Waals surface area contributed by atoms with Gasteiger partial charge in [0.2, 0.25) is 0 Å². The van der Waals surface area contributed by atoms with Gasteiger partial charge in [0.05, 0.1) is 6.21 Å². The summed E-state index contributed by atoms with van der Waals surface area (Å²) in [6, 6.07) is 21.0. The molecular weight excluding hydrogens is 400 g/mol. The number of rotatable bonds is 8. The van der Waals surface area contributed by atoms with Crippen molar-refractivity contribution in [2.45, 2.75) is 20.5 Å². The molecule has 3 aromatic carbocycles. The fourth-order valence-corrected chi connectivity index (χ4v) is 2.88. The van der Waals surface area contributed by atoms with Gasteiger partial charge in [-0.05, 0) is 60.4 Å². The van der Waals surface area contributed by atoms with E-state index in [0.29, 0.717) is 17.4 Å². The molecule has 0 unspecified atom stereocenters. The Balaban J connectivity index is 1.48. The number of hydrazone groups is 1. The van der Waals surface area contributed by atoms with Crippen molar-refractivity contribution >= 4 is 23.7 Å². The molecule has 6 heteroatoms. The van der Waals surface area contributed by atoms with Crippen molar-refractivity contribution in [2.24, 2.45) is 5.10 Å². The van der Waals surface area contributed by atoms with E-state index in [1.54, 1.807) is 18.3 Å². The lowest BCUT2D eigenvalue weighted by atomic mass is 10.1. The molecule has 0 radical (unpaired) electrons. The summed E-state index contributed by atoms with van der Waals surface area (Å²) >= 11 is 6.14. The highest BCUT2D eigenvalue weighted by Crippen LogP contribution is 2.25. The minimum atomic E-state index is -0.354. The van der Waals surface area contributed by atoms with Crippen LogP contribution in [0.5, 0.6) is 11.5 Å². The van der Waals surface area contributed by atoms with Crippen LogP contribution >= 0.6 is 11.6 Å². The first-order valence-corrected chi connectivity index (χ1v) is 9.87. The number of amides is 1. The zero-order valence-corrected chi connectivity index (χ0v) is 17.6. The van der Waals surface area contributed by atoms with Crippen LogP contribution in [0.1, 0.15) is 22.3 Å². The predicted molar refractivity (Wildman–Crippen MR) is 119 cm³/mol. The molecule has 0 bridgehead atoms. The Bertz CT molecular complexity index is 1010. The molecule has 5 nitrogen and oxygen atoms in total. The van der Waals surface area contributed by atoms with Gasteiger partial charge in [-0.3, -0.25) is 4.79 Å². The molecule has 3 aromatic rings. The molecule has 0 aromatic heterocycles. The highest BCUT2D eigenvalue weighted by Gasteiger charge is 2.06. The molecule has 0 fully saturated rings. The van der Waals surface area contributed by atoms with Crippen molar-refractivity contribution in [3.05, 3.63) is 94.0 Å². The van der Waals surface area contributed by atoms with Crippen molar-refractivity contribution < 1.29 is 14.3 Å². The average Bonchev–Trinajstić information content (AvgIpc) is 2.75. The number of benzene rings is 3. The van der Waals surface area contributed by atoms with Crippen LogP contribution in [-0.4, -0.2) is 18.7 Å². The first kappa shape index (κ1) is 21.4. The van der Waals surface area contributed by atoms with E-state index in [4.69, 9.17) is 21.1 Å². The van der Waals surface area contributed by atoms with E-state index in [1.165, 1.54) is 0 Å². The summed E-state index contributed by atoms with van der Waals surface area (Å²) in [5.74, 6) is 0.968. The lowest BCUT2D eigenvalue weighted by molar-refractivity contribution is -0.123. The Kier molecular flexibility index (Phi) is 7.46. The van der Waals surface area contributed by atoms with E-state index < -0.39 is 0 Å². The Morgan fingerprint density at radius 1 is 0.967 bits per heavy atom. The number of carbonyl (C=O) groups is 1. The monoisotopic (exact) mass is 422 g/mol. The summed E-state index contributed by atoms with van der Waals surface area (Å²) in [6.07, 6.45) is 1.56. The number of halogens is 1. The molecule has 30 heavy (non-hydrogen) atoms. The Morgan fingerprint density at radius 2 is 1.70 bits per heavy atom. The second-order valence-corrected chi connectivity index (χ2v) is 7.18. The smallest absolute Gasteiger partial charge is 0.277 e. The Labute approximate surface area is 181 Å². The van der Waals surface area contributed by atoms with Crippen molar-refractivity contribution in [3.8, 4) is 11.5 Å².